The van der Waals surface area contributed by atoms with Crippen molar-refractivity contribution in [3.05, 3.63) is 35.9 Å². The molecule has 1 aromatic carbocycles. The van der Waals surface area contributed by atoms with Gasteiger partial charge in [-0.3, -0.25) is 4.90 Å². The van der Waals surface area contributed by atoms with E-state index in [1.807, 2.05) is 44.3 Å². The molecule has 2 atom stereocenters. The third kappa shape index (κ3) is 4.45. The molecule has 0 spiro atoms. The molecule has 118 valence electrons. The fourth-order valence-corrected chi connectivity index (χ4v) is 3.03. The van der Waals surface area contributed by atoms with Crippen molar-refractivity contribution in [2.75, 3.05) is 13.6 Å². The minimum atomic E-state index is -4.15. The minimum Gasteiger partial charge on any atom is -0.312 e. The number of hydrogen-bond donors (Lipinski definition) is 1. The maximum absolute atomic E-state index is 12.9. The Labute approximate surface area is 124 Å². The zero-order valence-electron chi connectivity index (χ0n) is 12.5. The van der Waals surface area contributed by atoms with Crippen molar-refractivity contribution in [2.45, 2.75) is 50.5 Å². The minimum absolute atomic E-state index is 0.0798. The Morgan fingerprint density at radius 2 is 1.86 bits per heavy atom. The monoisotopic (exact) mass is 300 g/mol. The van der Waals surface area contributed by atoms with Crippen LogP contribution in [0.1, 0.15) is 37.8 Å². The Hall–Kier alpha value is -1.07. The molecule has 0 aromatic heterocycles. The molecule has 0 saturated heterocycles. The first kappa shape index (κ1) is 16.3. The molecule has 5 heteroatoms. The molecule has 2 nitrogen and oxygen atoms in total. The topological polar surface area (TPSA) is 15.3 Å². The molecule has 0 heterocycles. The van der Waals surface area contributed by atoms with Crippen molar-refractivity contribution in [1.29, 1.82) is 0 Å². The van der Waals surface area contributed by atoms with Crippen molar-refractivity contribution in [1.82, 2.24) is 10.2 Å². The van der Waals surface area contributed by atoms with E-state index < -0.39 is 12.7 Å². The average molecular weight is 300 g/mol. The summed E-state index contributed by atoms with van der Waals surface area (Å²) >= 11 is 0. The summed E-state index contributed by atoms with van der Waals surface area (Å²) in [6.45, 7) is 1.14. The smallest absolute Gasteiger partial charge is 0.312 e. The molecule has 1 aliphatic rings. The molecule has 0 bridgehead atoms. The number of nitrogens with zero attached hydrogens (tertiary/aromatic N) is 1. The van der Waals surface area contributed by atoms with Crippen molar-refractivity contribution in [3.8, 4) is 0 Å². The lowest BCUT2D eigenvalue weighted by Gasteiger charge is -2.37. The molecule has 1 aliphatic carbocycles. The summed E-state index contributed by atoms with van der Waals surface area (Å²) in [6.07, 6.45) is -1.71. The quantitative estimate of drug-likeness (QED) is 0.825. The Bertz CT molecular complexity index is 429. The van der Waals surface area contributed by atoms with Crippen LogP contribution in [0.2, 0.25) is 0 Å². The molecule has 0 aliphatic heterocycles. The van der Waals surface area contributed by atoms with Crippen LogP contribution < -0.4 is 5.32 Å². The van der Waals surface area contributed by atoms with E-state index in [1.165, 1.54) is 0 Å². The summed E-state index contributed by atoms with van der Waals surface area (Å²) in [5.41, 5.74) is 1.04. The van der Waals surface area contributed by atoms with Gasteiger partial charge >= 0.3 is 6.18 Å². The highest BCUT2D eigenvalue weighted by atomic mass is 19.4. The zero-order chi connectivity index (χ0) is 15.5. The number of hydrogen-bond acceptors (Lipinski definition) is 2. The Morgan fingerprint density at radius 1 is 1.24 bits per heavy atom. The summed E-state index contributed by atoms with van der Waals surface area (Å²) in [4.78, 5) is 1.65. The normalized spacial score (nSPS) is 18.8. The SMILES string of the molecule is CCC(C(NC)c1ccccc1)N(CC(F)(F)F)C1CC1. The van der Waals surface area contributed by atoms with E-state index in [9.17, 15) is 13.2 Å². The van der Waals surface area contributed by atoms with Crippen molar-refractivity contribution >= 4 is 0 Å². The number of likely N-dealkylation sites (N-methyl/N-ethyl adjacent to an activating group) is 1. The summed E-state index contributed by atoms with van der Waals surface area (Å²) in [5, 5.41) is 3.21. The van der Waals surface area contributed by atoms with E-state index in [4.69, 9.17) is 0 Å². The molecule has 1 saturated carbocycles. The largest absolute Gasteiger partial charge is 0.401 e. The lowest BCUT2D eigenvalue weighted by Crippen LogP contribution is -2.48. The summed E-state index contributed by atoms with van der Waals surface area (Å²) in [6, 6.07) is 9.58. The summed E-state index contributed by atoms with van der Waals surface area (Å²) in [5.74, 6) is 0. The fourth-order valence-electron chi connectivity index (χ4n) is 3.03. The van der Waals surface area contributed by atoms with Gasteiger partial charge in [0.2, 0.25) is 0 Å². The molecule has 2 unspecified atom stereocenters. The first-order valence-electron chi connectivity index (χ1n) is 7.51. The highest BCUT2D eigenvalue weighted by Gasteiger charge is 2.42. The number of alkyl halides is 3. The Kier molecular flexibility index (Phi) is 5.27. The van der Waals surface area contributed by atoms with Gasteiger partial charge in [-0.15, -0.1) is 0 Å². The third-order valence-electron chi connectivity index (χ3n) is 4.08. The molecule has 1 N–H and O–H groups in total. The van der Waals surface area contributed by atoms with Gasteiger partial charge in [0, 0.05) is 18.1 Å². The molecule has 2 rings (SSSR count). The van der Waals surface area contributed by atoms with Gasteiger partial charge in [0.1, 0.15) is 0 Å². The Balaban J connectivity index is 2.22. The maximum Gasteiger partial charge on any atom is 0.401 e. The van der Waals surface area contributed by atoms with Crippen LogP contribution in [-0.4, -0.2) is 36.8 Å². The van der Waals surface area contributed by atoms with Crippen molar-refractivity contribution in [3.63, 3.8) is 0 Å². The van der Waals surface area contributed by atoms with Crippen LogP contribution in [0.15, 0.2) is 30.3 Å². The number of benzene rings is 1. The average Bonchev–Trinajstić information content (AvgIpc) is 3.27. The predicted octanol–water partition coefficient (Wildman–Crippen LogP) is 3.75. The second kappa shape index (κ2) is 6.79. The van der Waals surface area contributed by atoms with Crippen LogP contribution in [0.25, 0.3) is 0 Å². The Morgan fingerprint density at radius 3 is 2.29 bits per heavy atom. The van der Waals surface area contributed by atoms with Crippen LogP contribution in [-0.2, 0) is 0 Å². The van der Waals surface area contributed by atoms with Gasteiger partial charge in [0.25, 0.3) is 0 Å². The summed E-state index contributed by atoms with van der Waals surface area (Å²) in [7, 11) is 1.82. The number of nitrogens with one attached hydrogen (secondary N) is 1. The molecule has 21 heavy (non-hydrogen) atoms. The lowest BCUT2D eigenvalue weighted by atomic mass is 9.95. The van der Waals surface area contributed by atoms with Crippen molar-refractivity contribution < 1.29 is 13.2 Å². The standard InChI is InChI=1S/C16H23F3N2/c1-3-14(15(20-2)12-7-5-4-6-8-12)21(13-9-10-13)11-16(17,18)19/h4-8,13-15,20H,3,9-11H2,1-2H3. The van der Waals surface area contributed by atoms with Gasteiger partial charge in [0.15, 0.2) is 0 Å². The molecule has 1 aromatic rings. The van der Waals surface area contributed by atoms with Gasteiger partial charge < -0.3 is 5.32 Å². The highest BCUT2D eigenvalue weighted by Crippen LogP contribution is 2.36. The van der Waals surface area contributed by atoms with Gasteiger partial charge in [0.05, 0.1) is 6.54 Å². The van der Waals surface area contributed by atoms with Crippen LogP contribution in [0, 0.1) is 0 Å². The second-order valence-electron chi connectivity index (χ2n) is 5.67. The van der Waals surface area contributed by atoms with E-state index in [0.717, 1.165) is 18.4 Å². The van der Waals surface area contributed by atoms with Crippen LogP contribution in [0.3, 0.4) is 0 Å². The fraction of sp³-hybridized carbons (Fsp3) is 0.625. The van der Waals surface area contributed by atoms with Crippen LogP contribution in [0.4, 0.5) is 13.2 Å². The zero-order valence-corrected chi connectivity index (χ0v) is 12.5. The van der Waals surface area contributed by atoms with Gasteiger partial charge in [-0.2, -0.15) is 13.2 Å². The summed E-state index contributed by atoms with van der Waals surface area (Å²) < 4.78 is 38.7. The van der Waals surface area contributed by atoms with E-state index in [-0.39, 0.29) is 18.1 Å². The first-order chi connectivity index (χ1) is 9.96. The van der Waals surface area contributed by atoms with Gasteiger partial charge in [-0.05, 0) is 31.9 Å². The molecular formula is C16H23F3N2. The molecule has 0 radical (unpaired) electrons. The molecular weight excluding hydrogens is 277 g/mol. The number of halogens is 3. The first-order valence-corrected chi connectivity index (χ1v) is 7.51. The predicted molar refractivity (Wildman–Crippen MR) is 78.1 cm³/mol. The van der Waals surface area contributed by atoms with E-state index in [0.29, 0.717) is 6.42 Å². The van der Waals surface area contributed by atoms with Gasteiger partial charge in [-0.1, -0.05) is 37.3 Å². The van der Waals surface area contributed by atoms with Gasteiger partial charge in [-0.25, -0.2) is 0 Å². The second-order valence-corrected chi connectivity index (χ2v) is 5.67. The molecule has 0 amide bonds. The lowest BCUT2D eigenvalue weighted by molar-refractivity contribution is -0.154. The third-order valence-corrected chi connectivity index (χ3v) is 4.08. The van der Waals surface area contributed by atoms with Crippen molar-refractivity contribution in [2.24, 2.45) is 0 Å². The van der Waals surface area contributed by atoms with Crippen LogP contribution >= 0.6 is 0 Å². The van der Waals surface area contributed by atoms with E-state index in [1.54, 1.807) is 4.90 Å². The highest BCUT2D eigenvalue weighted by molar-refractivity contribution is 5.21. The number of rotatable bonds is 7. The molecule has 1 fully saturated rings. The van der Waals surface area contributed by atoms with E-state index in [2.05, 4.69) is 5.32 Å². The maximum atomic E-state index is 12.9. The van der Waals surface area contributed by atoms with E-state index >= 15 is 0 Å². The van der Waals surface area contributed by atoms with Crippen LogP contribution in [0.5, 0.6) is 0 Å².